The normalized spacial score (nSPS) is 21.4. The molecular formula is C29H37Cl2N5O2. The van der Waals surface area contributed by atoms with Crippen molar-refractivity contribution >= 4 is 40.8 Å². The molecule has 3 amide bonds. The summed E-state index contributed by atoms with van der Waals surface area (Å²) in [7, 11) is 5.88. The molecule has 0 radical (unpaired) electrons. The lowest BCUT2D eigenvalue weighted by molar-refractivity contribution is 0.0740. The number of anilines is 1. The quantitative estimate of drug-likeness (QED) is 0.505. The average Bonchev–Trinajstić information content (AvgIpc) is 3.16. The molecule has 7 nitrogen and oxygen atoms in total. The van der Waals surface area contributed by atoms with Crippen LogP contribution in [0.3, 0.4) is 0 Å². The van der Waals surface area contributed by atoms with E-state index >= 15 is 0 Å². The van der Waals surface area contributed by atoms with E-state index in [4.69, 9.17) is 23.2 Å². The summed E-state index contributed by atoms with van der Waals surface area (Å²) in [5.41, 5.74) is 3.94. The number of nitrogens with one attached hydrogen (secondary N) is 1. The third-order valence-corrected chi connectivity index (χ3v) is 9.20. The van der Waals surface area contributed by atoms with Crippen molar-refractivity contribution in [3.05, 3.63) is 63.1 Å². The van der Waals surface area contributed by atoms with Crippen LogP contribution in [0.2, 0.25) is 10.0 Å². The Morgan fingerprint density at radius 2 is 1.79 bits per heavy atom. The van der Waals surface area contributed by atoms with Gasteiger partial charge < -0.3 is 24.9 Å². The van der Waals surface area contributed by atoms with Gasteiger partial charge in [-0.25, -0.2) is 4.79 Å². The number of hydrogen-bond acceptors (Lipinski definition) is 4. The molecule has 2 atom stereocenters. The number of piperidine rings is 1. The number of rotatable bonds is 7. The van der Waals surface area contributed by atoms with Gasteiger partial charge in [0, 0.05) is 70.5 Å². The highest BCUT2D eigenvalue weighted by molar-refractivity contribution is 6.42. The Kier molecular flexibility index (Phi) is 8.08. The van der Waals surface area contributed by atoms with Crippen LogP contribution in [0.5, 0.6) is 0 Å². The lowest BCUT2D eigenvalue weighted by Gasteiger charge is -2.40. The maximum Gasteiger partial charge on any atom is 0.317 e. The van der Waals surface area contributed by atoms with Crippen molar-refractivity contribution in [1.82, 2.24) is 20.0 Å². The standard InChI is InChI=1S/C29H37Cl2N5O2/c1-33(2)21-6-7-23-24(18-21)28(37)34(3)27(23)22(19-5-8-25(30)26(31)17-19)11-16-35-14-9-20(10-15-35)36-13-4-12-32-29(36)38/h5-8,17-18,20,22,27H,4,9-16H2,1-3H3,(H,32,38). The van der Waals surface area contributed by atoms with Crippen LogP contribution in [0, 0.1) is 0 Å². The first-order valence-electron chi connectivity index (χ1n) is 13.5. The highest BCUT2D eigenvalue weighted by Gasteiger charge is 2.40. The maximum absolute atomic E-state index is 13.4. The summed E-state index contributed by atoms with van der Waals surface area (Å²) >= 11 is 12.7. The second-order valence-electron chi connectivity index (χ2n) is 10.9. The van der Waals surface area contributed by atoms with Crippen molar-refractivity contribution in [2.24, 2.45) is 0 Å². The molecule has 2 fully saturated rings. The lowest BCUT2D eigenvalue weighted by atomic mass is 9.84. The highest BCUT2D eigenvalue weighted by atomic mass is 35.5. The van der Waals surface area contributed by atoms with Gasteiger partial charge in [-0.3, -0.25) is 4.79 Å². The lowest BCUT2D eigenvalue weighted by Crippen LogP contribution is -2.54. The molecule has 0 saturated carbocycles. The van der Waals surface area contributed by atoms with Crippen LogP contribution in [0.4, 0.5) is 10.5 Å². The zero-order valence-electron chi connectivity index (χ0n) is 22.4. The first-order valence-corrected chi connectivity index (χ1v) is 14.3. The van der Waals surface area contributed by atoms with Gasteiger partial charge in [-0.15, -0.1) is 0 Å². The van der Waals surface area contributed by atoms with E-state index in [2.05, 4.69) is 22.3 Å². The first-order chi connectivity index (χ1) is 18.2. The molecule has 9 heteroatoms. The van der Waals surface area contributed by atoms with E-state index in [0.29, 0.717) is 16.1 Å². The van der Waals surface area contributed by atoms with Gasteiger partial charge in [0.05, 0.1) is 16.1 Å². The monoisotopic (exact) mass is 557 g/mol. The summed E-state index contributed by atoms with van der Waals surface area (Å²) in [5, 5.41) is 4.05. The van der Waals surface area contributed by atoms with Crippen LogP contribution in [0.15, 0.2) is 36.4 Å². The van der Waals surface area contributed by atoms with Gasteiger partial charge in [0.15, 0.2) is 0 Å². The molecule has 5 rings (SSSR count). The van der Waals surface area contributed by atoms with E-state index in [1.807, 2.05) is 60.1 Å². The van der Waals surface area contributed by atoms with Crippen LogP contribution < -0.4 is 10.2 Å². The van der Waals surface area contributed by atoms with Crippen molar-refractivity contribution in [3.63, 3.8) is 0 Å². The fourth-order valence-corrected chi connectivity index (χ4v) is 6.61. The summed E-state index contributed by atoms with van der Waals surface area (Å²) in [6.45, 7) is 4.47. The second-order valence-corrected chi connectivity index (χ2v) is 11.8. The van der Waals surface area contributed by atoms with Crippen LogP contribution in [0.1, 0.15) is 59.1 Å². The third kappa shape index (κ3) is 5.33. The number of likely N-dealkylation sites (N-methyl/N-ethyl adjacent to an activating group) is 1. The fourth-order valence-electron chi connectivity index (χ4n) is 6.30. The molecule has 2 unspecified atom stereocenters. The average molecular weight is 559 g/mol. The van der Waals surface area contributed by atoms with Gasteiger partial charge in [0.1, 0.15) is 0 Å². The number of benzene rings is 2. The smallest absolute Gasteiger partial charge is 0.317 e. The van der Waals surface area contributed by atoms with E-state index in [0.717, 1.165) is 80.8 Å². The molecule has 204 valence electrons. The molecule has 1 N–H and O–H groups in total. The van der Waals surface area contributed by atoms with Crippen molar-refractivity contribution in [3.8, 4) is 0 Å². The van der Waals surface area contributed by atoms with Crippen molar-refractivity contribution in [1.29, 1.82) is 0 Å². The minimum Gasteiger partial charge on any atom is -0.378 e. The minimum absolute atomic E-state index is 0.0550. The first kappa shape index (κ1) is 27.1. The topological polar surface area (TPSA) is 59.1 Å². The van der Waals surface area contributed by atoms with Gasteiger partial charge >= 0.3 is 6.03 Å². The van der Waals surface area contributed by atoms with E-state index in [9.17, 15) is 9.59 Å². The van der Waals surface area contributed by atoms with Crippen molar-refractivity contribution in [2.75, 3.05) is 58.8 Å². The zero-order chi connectivity index (χ0) is 27.0. The predicted molar refractivity (Wildman–Crippen MR) is 154 cm³/mol. The number of hydrogen-bond donors (Lipinski definition) is 1. The van der Waals surface area contributed by atoms with Crippen LogP contribution in [-0.2, 0) is 0 Å². The molecule has 0 aromatic heterocycles. The fraction of sp³-hybridized carbons (Fsp3) is 0.517. The number of urea groups is 1. The minimum atomic E-state index is -0.0828. The molecule has 2 saturated heterocycles. The molecular weight excluding hydrogens is 521 g/mol. The molecule has 3 aliphatic heterocycles. The summed E-state index contributed by atoms with van der Waals surface area (Å²) in [6.07, 6.45) is 3.87. The van der Waals surface area contributed by atoms with E-state index in [-0.39, 0.29) is 23.9 Å². The number of fused-ring (bicyclic) bond motifs is 1. The van der Waals surface area contributed by atoms with Gasteiger partial charge in [-0.1, -0.05) is 35.3 Å². The number of halogens is 2. The Balaban J connectivity index is 1.35. The summed E-state index contributed by atoms with van der Waals surface area (Å²) in [6, 6.07) is 12.4. The van der Waals surface area contributed by atoms with Gasteiger partial charge in [-0.2, -0.15) is 0 Å². The molecule has 0 aliphatic carbocycles. The van der Waals surface area contributed by atoms with E-state index in [1.165, 1.54) is 0 Å². The largest absolute Gasteiger partial charge is 0.378 e. The van der Waals surface area contributed by atoms with E-state index in [1.54, 1.807) is 0 Å². The second kappa shape index (κ2) is 11.3. The van der Waals surface area contributed by atoms with Gasteiger partial charge in [0.25, 0.3) is 5.91 Å². The maximum atomic E-state index is 13.4. The number of nitrogens with zero attached hydrogens (tertiary/aromatic N) is 4. The molecule has 38 heavy (non-hydrogen) atoms. The Morgan fingerprint density at radius 1 is 1.03 bits per heavy atom. The summed E-state index contributed by atoms with van der Waals surface area (Å²) in [4.78, 5) is 34.1. The Morgan fingerprint density at radius 3 is 2.47 bits per heavy atom. The van der Waals surface area contributed by atoms with Crippen LogP contribution >= 0.6 is 23.2 Å². The van der Waals surface area contributed by atoms with E-state index < -0.39 is 0 Å². The van der Waals surface area contributed by atoms with Gasteiger partial charge in [-0.05, 0) is 67.6 Å². The summed E-state index contributed by atoms with van der Waals surface area (Å²) < 4.78 is 0. The molecule has 2 aromatic rings. The Hall–Kier alpha value is -2.48. The molecule has 3 aliphatic rings. The van der Waals surface area contributed by atoms with Crippen LogP contribution in [-0.4, -0.2) is 86.5 Å². The SMILES string of the molecule is CN(C)c1ccc2c(c1)C(=O)N(C)C2C(CCN1CCC(N2CCCNC2=O)CC1)c1ccc(Cl)c(Cl)c1. The highest BCUT2D eigenvalue weighted by Crippen LogP contribution is 2.45. The molecule has 0 spiro atoms. The number of carbonyl (C=O) groups is 2. The third-order valence-electron chi connectivity index (χ3n) is 8.46. The summed E-state index contributed by atoms with van der Waals surface area (Å²) in [5.74, 6) is 0.121. The van der Waals surface area contributed by atoms with Crippen molar-refractivity contribution < 1.29 is 9.59 Å². The Labute approximate surface area is 235 Å². The molecule has 0 bridgehead atoms. The number of amides is 3. The number of carbonyl (C=O) groups excluding carboxylic acids is 2. The number of likely N-dealkylation sites (tertiary alicyclic amines) is 1. The molecule has 2 aromatic carbocycles. The van der Waals surface area contributed by atoms with Gasteiger partial charge in [0.2, 0.25) is 0 Å². The van der Waals surface area contributed by atoms with Crippen LogP contribution in [0.25, 0.3) is 0 Å². The molecule has 3 heterocycles. The Bertz CT molecular complexity index is 1200. The predicted octanol–water partition coefficient (Wildman–Crippen LogP) is 5.24. The van der Waals surface area contributed by atoms with Crippen molar-refractivity contribution in [2.45, 2.75) is 43.7 Å². The zero-order valence-corrected chi connectivity index (χ0v) is 23.9.